The predicted octanol–water partition coefficient (Wildman–Crippen LogP) is 2.24. The first-order valence-corrected chi connectivity index (χ1v) is 9.21. The zero-order valence-corrected chi connectivity index (χ0v) is 16.1. The molecule has 2 amide bonds. The molecule has 2 heterocycles. The molecule has 0 unspecified atom stereocenters. The summed E-state index contributed by atoms with van der Waals surface area (Å²) in [4.78, 5) is 29.6. The first-order chi connectivity index (χ1) is 12.4. The number of fused-ring (bicyclic) bond motifs is 1. The molecule has 1 aromatic carbocycles. The number of likely N-dealkylation sites (tertiary alicyclic amines) is 1. The first kappa shape index (κ1) is 18.5. The van der Waals surface area contributed by atoms with Crippen molar-refractivity contribution in [2.75, 3.05) is 33.9 Å². The van der Waals surface area contributed by atoms with Crippen LogP contribution in [0, 0.1) is 5.41 Å². The van der Waals surface area contributed by atoms with Crippen LogP contribution in [0.25, 0.3) is 0 Å². The fourth-order valence-corrected chi connectivity index (χ4v) is 3.86. The zero-order chi connectivity index (χ0) is 18.9. The zero-order valence-electron chi connectivity index (χ0n) is 16.1. The Morgan fingerprint density at radius 3 is 2.00 bits per heavy atom. The monoisotopic (exact) mass is 360 g/mol. The molecule has 0 saturated carbocycles. The third-order valence-corrected chi connectivity index (χ3v) is 5.47. The van der Waals surface area contributed by atoms with E-state index in [9.17, 15) is 9.59 Å². The van der Waals surface area contributed by atoms with Gasteiger partial charge in [-0.05, 0) is 56.4 Å². The summed E-state index contributed by atoms with van der Waals surface area (Å²) in [6.07, 6.45) is 2.79. The van der Waals surface area contributed by atoms with Gasteiger partial charge in [0.1, 0.15) is 5.41 Å². The third-order valence-electron chi connectivity index (χ3n) is 5.47. The van der Waals surface area contributed by atoms with E-state index in [-0.39, 0.29) is 11.8 Å². The van der Waals surface area contributed by atoms with Crippen molar-refractivity contribution < 1.29 is 19.1 Å². The van der Waals surface area contributed by atoms with Gasteiger partial charge in [-0.15, -0.1) is 0 Å². The number of hydrogen-bond acceptors (Lipinski definition) is 4. The fourth-order valence-electron chi connectivity index (χ4n) is 3.86. The summed E-state index contributed by atoms with van der Waals surface area (Å²) in [5.41, 5.74) is 1.18. The molecule has 2 aliphatic rings. The van der Waals surface area contributed by atoms with Crippen LogP contribution in [-0.2, 0) is 22.6 Å². The Morgan fingerprint density at radius 1 is 0.885 bits per heavy atom. The lowest BCUT2D eigenvalue weighted by Gasteiger charge is -2.36. The lowest BCUT2D eigenvalue weighted by molar-refractivity contribution is -0.154. The van der Waals surface area contributed by atoms with Crippen molar-refractivity contribution in [3.63, 3.8) is 0 Å². The Kier molecular flexibility index (Phi) is 5.12. The molecule has 3 rings (SSSR count). The molecule has 6 heteroatoms. The second kappa shape index (κ2) is 7.17. The highest BCUT2D eigenvalue weighted by atomic mass is 16.5. The summed E-state index contributed by atoms with van der Waals surface area (Å²) < 4.78 is 10.7. The Labute approximate surface area is 155 Å². The van der Waals surface area contributed by atoms with Crippen LogP contribution in [0.2, 0.25) is 0 Å². The molecule has 0 aliphatic carbocycles. The van der Waals surface area contributed by atoms with Gasteiger partial charge in [-0.3, -0.25) is 9.59 Å². The van der Waals surface area contributed by atoms with Gasteiger partial charge < -0.3 is 19.3 Å². The highest BCUT2D eigenvalue weighted by Gasteiger charge is 2.43. The number of hydrogen-bond donors (Lipinski definition) is 0. The summed E-state index contributed by atoms with van der Waals surface area (Å²) in [7, 11) is 3.23. The maximum atomic E-state index is 13.1. The number of benzene rings is 1. The minimum atomic E-state index is -1.03. The molecule has 0 spiro atoms. The number of ether oxygens (including phenoxy) is 2. The highest BCUT2D eigenvalue weighted by Crippen LogP contribution is 2.34. The molecular formula is C20H28N2O4. The number of rotatable bonds is 4. The average molecular weight is 360 g/mol. The standard InChI is InChI=1S/C20H28N2O4/c1-20(2,18(23)21-8-5-6-9-21)19(24)22-10-7-14-11-16(25-3)17(26-4)12-15(14)13-22/h11-12H,5-10,13H2,1-4H3. The summed E-state index contributed by atoms with van der Waals surface area (Å²) >= 11 is 0. The summed E-state index contributed by atoms with van der Waals surface area (Å²) in [6.45, 7) is 6.12. The Morgan fingerprint density at radius 2 is 1.42 bits per heavy atom. The van der Waals surface area contributed by atoms with E-state index in [0.717, 1.165) is 43.5 Å². The van der Waals surface area contributed by atoms with Crippen LogP contribution in [-0.4, -0.2) is 55.5 Å². The van der Waals surface area contributed by atoms with E-state index in [1.807, 2.05) is 17.0 Å². The Bertz CT molecular complexity index is 708. The number of carbonyl (C=O) groups is 2. The molecule has 142 valence electrons. The molecule has 1 fully saturated rings. The predicted molar refractivity (Wildman–Crippen MR) is 98.3 cm³/mol. The van der Waals surface area contributed by atoms with Crippen molar-refractivity contribution in [2.24, 2.45) is 5.41 Å². The topological polar surface area (TPSA) is 59.1 Å². The summed E-state index contributed by atoms with van der Waals surface area (Å²) in [6, 6.07) is 3.92. The third kappa shape index (κ3) is 3.24. The molecule has 6 nitrogen and oxygen atoms in total. The lowest BCUT2D eigenvalue weighted by Crippen LogP contribution is -2.51. The SMILES string of the molecule is COc1cc2c(cc1OC)CN(C(=O)C(C)(C)C(=O)N1CCCC1)CC2. The summed E-state index contributed by atoms with van der Waals surface area (Å²) in [5, 5.41) is 0. The van der Waals surface area contributed by atoms with Crippen LogP contribution in [0.15, 0.2) is 12.1 Å². The van der Waals surface area contributed by atoms with Gasteiger partial charge in [0.05, 0.1) is 14.2 Å². The number of nitrogens with zero attached hydrogens (tertiary/aromatic N) is 2. The van der Waals surface area contributed by atoms with Crippen LogP contribution >= 0.6 is 0 Å². The van der Waals surface area contributed by atoms with Crippen molar-refractivity contribution in [1.82, 2.24) is 9.80 Å². The second-order valence-corrected chi connectivity index (χ2v) is 7.58. The minimum Gasteiger partial charge on any atom is -0.493 e. The Balaban J connectivity index is 1.79. The molecule has 2 aliphatic heterocycles. The van der Waals surface area contributed by atoms with E-state index in [0.29, 0.717) is 24.6 Å². The molecule has 0 radical (unpaired) electrons. The smallest absolute Gasteiger partial charge is 0.238 e. The normalized spacial score (nSPS) is 17.1. The molecule has 0 N–H and O–H groups in total. The highest BCUT2D eigenvalue weighted by molar-refractivity contribution is 6.04. The minimum absolute atomic E-state index is 0.0573. The molecule has 1 aromatic rings. The van der Waals surface area contributed by atoms with Crippen molar-refractivity contribution in [1.29, 1.82) is 0 Å². The molecule has 0 aromatic heterocycles. The van der Waals surface area contributed by atoms with Crippen molar-refractivity contribution in [3.8, 4) is 11.5 Å². The van der Waals surface area contributed by atoms with Crippen LogP contribution in [0.4, 0.5) is 0 Å². The van der Waals surface area contributed by atoms with Crippen molar-refractivity contribution >= 4 is 11.8 Å². The van der Waals surface area contributed by atoms with E-state index in [4.69, 9.17) is 9.47 Å². The lowest BCUT2D eigenvalue weighted by atomic mass is 9.88. The maximum absolute atomic E-state index is 13.1. The first-order valence-electron chi connectivity index (χ1n) is 9.21. The largest absolute Gasteiger partial charge is 0.493 e. The maximum Gasteiger partial charge on any atom is 0.238 e. The van der Waals surface area contributed by atoms with Gasteiger partial charge in [-0.1, -0.05) is 0 Å². The molecule has 0 atom stereocenters. The van der Waals surface area contributed by atoms with Gasteiger partial charge in [0.15, 0.2) is 11.5 Å². The van der Waals surface area contributed by atoms with Gasteiger partial charge in [-0.2, -0.15) is 0 Å². The van der Waals surface area contributed by atoms with Crippen molar-refractivity contribution in [2.45, 2.75) is 39.7 Å². The molecular weight excluding hydrogens is 332 g/mol. The fraction of sp³-hybridized carbons (Fsp3) is 0.600. The second-order valence-electron chi connectivity index (χ2n) is 7.58. The van der Waals surface area contributed by atoms with Gasteiger partial charge in [-0.25, -0.2) is 0 Å². The van der Waals surface area contributed by atoms with Crippen LogP contribution in [0.3, 0.4) is 0 Å². The number of methoxy groups -OCH3 is 2. The van der Waals surface area contributed by atoms with Gasteiger partial charge in [0.2, 0.25) is 11.8 Å². The van der Waals surface area contributed by atoms with Gasteiger partial charge in [0, 0.05) is 26.2 Å². The van der Waals surface area contributed by atoms with Crippen LogP contribution < -0.4 is 9.47 Å². The average Bonchev–Trinajstić information content (AvgIpc) is 3.19. The van der Waals surface area contributed by atoms with Crippen molar-refractivity contribution in [3.05, 3.63) is 23.3 Å². The van der Waals surface area contributed by atoms with Crippen LogP contribution in [0.1, 0.15) is 37.8 Å². The van der Waals surface area contributed by atoms with E-state index < -0.39 is 5.41 Å². The molecule has 26 heavy (non-hydrogen) atoms. The number of amides is 2. The van der Waals surface area contributed by atoms with E-state index in [2.05, 4.69) is 0 Å². The van der Waals surface area contributed by atoms with E-state index in [1.165, 1.54) is 0 Å². The van der Waals surface area contributed by atoms with Gasteiger partial charge >= 0.3 is 0 Å². The summed E-state index contributed by atoms with van der Waals surface area (Å²) in [5.74, 6) is 1.21. The number of carbonyl (C=O) groups excluding carboxylic acids is 2. The van der Waals surface area contributed by atoms with E-state index in [1.54, 1.807) is 33.0 Å². The Hall–Kier alpha value is -2.24. The molecule has 0 bridgehead atoms. The molecule has 1 saturated heterocycles. The van der Waals surface area contributed by atoms with E-state index >= 15 is 0 Å². The quantitative estimate of drug-likeness (QED) is 0.773. The van der Waals surface area contributed by atoms with Crippen LogP contribution in [0.5, 0.6) is 11.5 Å². The van der Waals surface area contributed by atoms with Gasteiger partial charge in [0.25, 0.3) is 0 Å².